The van der Waals surface area contributed by atoms with Crippen LogP contribution in [0.1, 0.15) is 11.1 Å². The summed E-state index contributed by atoms with van der Waals surface area (Å²) < 4.78 is 39.6. The SMILES string of the molecule is COc1ccc(-c2c(C)c3cc(OC)ccc3n2S(=O)(=O)c2ccc(C)cc2)cc1. The van der Waals surface area contributed by atoms with E-state index in [1.807, 2.05) is 56.3 Å². The fourth-order valence-electron chi connectivity index (χ4n) is 3.67. The minimum absolute atomic E-state index is 0.246. The first-order valence-corrected chi connectivity index (χ1v) is 11.0. The lowest BCUT2D eigenvalue weighted by Crippen LogP contribution is -2.14. The molecule has 0 fully saturated rings. The summed E-state index contributed by atoms with van der Waals surface area (Å²) in [7, 11) is -0.630. The van der Waals surface area contributed by atoms with E-state index in [1.165, 1.54) is 3.97 Å². The monoisotopic (exact) mass is 421 g/mol. The average Bonchev–Trinajstić information content (AvgIpc) is 3.06. The molecule has 4 rings (SSSR count). The third-order valence-corrected chi connectivity index (χ3v) is 7.04. The minimum atomic E-state index is -3.83. The third-order valence-electron chi connectivity index (χ3n) is 5.31. The Hall–Kier alpha value is -3.25. The van der Waals surface area contributed by atoms with Crippen molar-refractivity contribution in [2.45, 2.75) is 18.7 Å². The minimum Gasteiger partial charge on any atom is -0.497 e. The third kappa shape index (κ3) is 3.23. The van der Waals surface area contributed by atoms with Gasteiger partial charge in [0.05, 0.1) is 30.3 Å². The number of hydrogen-bond acceptors (Lipinski definition) is 4. The number of aryl methyl sites for hydroxylation is 2. The Balaban J connectivity index is 2.06. The quantitative estimate of drug-likeness (QED) is 0.446. The summed E-state index contributed by atoms with van der Waals surface area (Å²) >= 11 is 0. The zero-order chi connectivity index (χ0) is 21.5. The Bertz CT molecular complexity index is 1320. The molecule has 0 saturated carbocycles. The molecule has 0 aliphatic rings. The van der Waals surface area contributed by atoms with Crippen molar-refractivity contribution in [2.75, 3.05) is 14.2 Å². The molecule has 6 heteroatoms. The maximum atomic E-state index is 13.8. The molecule has 5 nitrogen and oxygen atoms in total. The van der Waals surface area contributed by atoms with Gasteiger partial charge in [-0.1, -0.05) is 17.7 Å². The Morgan fingerprint density at radius 1 is 0.767 bits per heavy atom. The average molecular weight is 422 g/mol. The molecule has 0 aliphatic heterocycles. The predicted molar refractivity (Wildman–Crippen MR) is 119 cm³/mol. The lowest BCUT2D eigenvalue weighted by Gasteiger charge is -2.14. The van der Waals surface area contributed by atoms with Gasteiger partial charge in [-0.3, -0.25) is 0 Å². The van der Waals surface area contributed by atoms with E-state index in [0.29, 0.717) is 22.7 Å². The molecule has 0 unspecified atom stereocenters. The van der Waals surface area contributed by atoms with Crippen LogP contribution in [0.4, 0.5) is 0 Å². The van der Waals surface area contributed by atoms with Crippen LogP contribution < -0.4 is 9.47 Å². The summed E-state index contributed by atoms with van der Waals surface area (Å²) in [5.74, 6) is 1.39. The number of benzene rings is 3. The summed E-state index contributed by atoms with van der Waals surface area (Å²) in [6.07, 6.45) is 0. The second kappa shape index (κ2) is 7.54. The van der Waals surface area contributed by atoms with E-state index in [1.54, 1.807) is 38.5 Å². The molecule has 0 spiro atoms. The van der Waals surface area contributed by atoms with Crippen LogP contribution in [0.15, 0.2) is 71.6 Å². The lowest BCUT2D eigenvalue weighted by molar-refractivity contribution is 0.415. The van der Waals surface area contributed by atoms with Crippen molar-refractivity contribution in [2.24, 2.45) is 0 Å². The molecule has 1 aromatic heterocycles. The van der Waals surface area contributed by atoms with Crippen LogP contribution in [0.5, 0.6) is 11.5 Å². The summed E-state index contributed by atoms with van der Waals surface area (Å²) in [5, 5.41) is 0.829. The molecule has 3 aromatic carbocycles. The number of ether oxygens (including phenoxy) is 2. The van der Waals surface area contributed by atoms with Crippen LogP contribution >= 0.6 is 0 Å². The summed E-state index contributed by atoms with van der Waals surface area (Å²) in [5.41, 5.74) is 3.90. The molecule has 0 N–H and O–H groups in total. The van der Waals surface area contributed by atoms with Gasteiger partial charge in [0.25, 0.3) is 10.0 Å². The number of fused-ring (bicyclic) bond motifs is 1. The topological polar surface area (TPSA) is 57.5 Å². The molecule has 0 amide bonds. The van der Waals surface area contributed by atoms with Crippen molar-refractivity contribution in [3.63, 3.8) is 0 Å². The smallest absolute Gasteiger partial charge is 0.268 e. The molecule has 0 bridgehead atoms. The Labute approximate surface area is 176 Å². The second-order valence-corrected chi connectivity index (χ2v) is 8.95. The first-order chi connectivity index (χ1) is 14.4. The molecule has 1 heterocycles. The van der Waals surface area contributed by atoms with Crippen LogP contribution in [-0.4, -0.2) is 26.6 Å². The highest BCUT2D eigenvalue weighted by molar-refractivity contribution is 7.90. The fraction of sp³-hybridized carbons (Fsp3) is 0.167. The molecule has 0 aliphatic carbocycles. The van der Waals surface area contributed by atoms with Crippen LogP contribution in [0.2, 0.25) is 0 Å². The highest BCUT2D eigenvalue weighted by Crippen LogP contribution is 2.38. The van der Waals surface area contributed by atoms with Gasteiger partial charge in [0, 0.05) is 5.39 Å². The Kier molecular flexibility index (Phi) is 5.03. The largest absolute Gasteiger partial charge is 0.497 e. The van der Waals surface area contributed by atoms with Gasteiger partial charge in [0.1, 0.15) is 11.5 Å². The zero-order valence-electron chi connectivity index (χ0n) is 17.3. The van der Waals surface area contributed by atoms with Crippen molar-refractivity contribution in [3.8, 4) is 22.8 Å². The van der Waals surface area contributed by atoms with Gasteiger partial charge in [-0.15, -0.1) is 0 Å². The number of aromatic nitrogens is 1. The van der Waals surface area contributed by atoms with Crippen LogP contribution in [0.3, 0.4) is 0 Å². The molecule has 30 heavy (non-hydrogen) atoms. The van der Waals surface area contributed by atoms with Gasteiger partial charge in [0.15, 0.2) is 0 Å². The van der Waals surface area contributed by atoms with Crippen LogP contribution in [0.25, 0.3) is 22.2 Å². The molecule has 4 aromatic rings. The molecule has 0 atom stereocenters. The van der Waals surface area contributed by atoms with E-state index in [4.69, 9.17) is 9.47 Å². The predicted octanol–water partition coefficient (Wildman–Crippen LogP) is 5.18. The van der Waals surface area contributed by atoms with Crippen molar-refractivity contribution in [1.82, 2.24) is 3.97 Å². The zero-order valence-corrected chi connectivity index (χ0v) is 18.2. The van der Waals surface area contributed by atoms with Gasteiger partial charge in [0.2, 0.25) is 0 Å². The van der Waals surface area contributed by atoms with Crippen LogP contribution in [0, 0.1) is 13.8 Å². The van der Waals surface area contributed by atoms with Gasteiger partial charge in [-0.2, -0.15) is 0 Å². The normalized spacial score (nSPS) is 11.6. The standard InChI is InChI=1S/C24H23NO4S/c1-16-5-12-21(13-6-16)30(26,27)25-23-14-11-20(29-4)15-22(23)17(2)24(25)18-7-9-19(28-3)10-8-18/h5-15H,1-4H3. The van der Waals surface area contributed by atoms with Gasteiger partial charge in [-0.05, 0) is 79.6 Å². The number of nitrogens with zero attached hydrogens (tertiary/aromatic N) is 1. The van der Waals surface area contributed by atoms with E-state index in [-0.39, 0.29) is 4.90 Å². The van der Waals surface area contributed by atoms with Crippen molar-refractivity contribution in [1.29, 1.82) is 0 Å². The second-order valence-electron chi connectivity index (χ2n) is 7.17. The fourth-order valence-corrected chi connectivity index (χ4v) is 5.26. The highest BCUT2D eigenvalue weighted by atomic mass is 32.2. The summed E-state index contributed by atoms with van der Waals surface area (Å²) in [4.78, 5) is 0.246. The van der Waals surface area contributed by atoms with Gasteiger partial charge in [-0.25, -0.2) is 12.4 Å². The Morgan fingerprint density at radius 2 is 1.37 bits per heavy atom. The van der Waals surface area contributed by atoms with Gasteiger partial charge >= 0.3 is 0 Å². The van der Waals surface area contributed by atoms with Crippen molar-refractivity contribution in [3.05, 3.63) is 77.9 Å². The first-order valence-electron chi connectivity index (χ1n) is 9.52. The first kappa shape index (κ1) is 20.0. The lowest BCUT2D eigenvalue weighted by atomic mass is 10.1. The summed E-state index contributed by atoms with van der Waals surface area (Å²) in [6.45, 7) is 3.86. The molecule has 154 valence electrons. The van der Waals surface area contributed by atoms with E-state index in [0.717, 1.165) is 22.1 Å². The van der Waals surface area contributed by atoms with E-state index >= 15 is 0 Å². The van der Waals surface area contributed by atoms with E-state index < -0.39 is 10.0 Å². The number of methoxy groups -OCH3 is 2. The maximum Gasteiger partial charge on any atom is 0.268 e. The maximum absolute atomic E-state index is 13.8. The Morgan fingerprint density at radius 3 is 1.97 bits per heavy atom. The van der Waals surface area contributed by atoms with Crippen LogP contribution in [-0.2, 0) is 10.0 Å². The highest BCUT2D eigenvalue weighted by Gasteiger charge is 2.26. The molecule has 0 saturated heterocycles. The van der Waals surface area contributed by atoms with Gasteiger partial charge < -0.3 is 9.47 Å². The molecular weight excluding hydrogens is 398 g/mol. The van der Waals surface area contributed by atoms with E-state index in [2.05, 4.69) is 0 Å². The number of rotatable bonds is 5. The van der Waals surface area contributed by atoms with Crippen molar-refractivity contribution < 1.29 is 17.9 Å². The number of hydrogen-bond donors (Lipinski definition) is 0. The molecular formula is C24H23NO4S. The van der Waals surface area contributed by atoms with E-state index in [9.17, 15) is 8.42 Å². The summed E-state index contributed by atoms with van der Waals surface area (Å²) in [6, 6.07) is 19.8. The molecule has 0 radical (unpaired) electrons. The van der Waals surface area contributed by atoms with Crippen molar-refractivity contribution >= 4 is 20.9 Å².